The fourth-order valence-electron chi connectivity index (χ4n) is 2.93. The van der Waals surface area contributed by atoms with Crippen LogP contribution in [-0.4, -0.2) is 9.55 Å². The standard InChI is InChI=1S/C20H15FN2OS/c1-13-6-2-4-8-15(13)16-11-25-19-18(16)22-12-23(20(19)24)10-14-7-3-5-9-17(14)21/h2-9,11-12H,10H2,1H3. The van der Waals surface area contributed by atoms with E-state index in [0.717, 1.165) is 16.7 Å². The zero-order chi connectivity index (χ0) is 17.4. The summed E-state index contributed by atoms with van der Waals surface area (Å²) in [4.78, 5) is 17.3. The van der Waals surface area contributed by atoms with Crippen LogP contribution in [0.1, 0.15) is 11.1 Å². The van der Waals surface area contributed by atoms with Crippen LogP contribution in [0.15, 0.2) is 65.0 Å². The summed E-state index contributed by atoms with van der Waals surface area (Å²) in [6.07, 6.45) is 1.51. The number of rotatable bonds is 3. The topological polar surface area (TPSA) is 34.9 Å². The smallest absolute Gasteiger partial charge is 0.271 e. The van der Waals surface area contributed by atoms with Crippen molar-refractivity contribution in [2.75, 3.05) is 0 Å². The quantitative estimate of drug-likeness (QED) is 0.540. The molecule has 0 saturated heterocycles. The van der Waals surface area contributed by atoms with Gasteiger partial charge in [-0.15, -0.1) is 11.3 Å². The Bertz CT molecular complexity index is 1130. The Hall–Kier alpha value is -2.79. The van der Waals surface area contributed by atoms with Gasteiger partial charge in [0, 0.05) is 16.5 Å². The normalized spacial score (nSPS) is 11.1. The van der Waals surface area contributed by atoms with E-state index in [4.69, 9.17) is 0 Å². The Balaban J connectivity index is 1.82. The minimum Gasteiger partial charge on any atom is -0.293 e. The van der Waals surface area contributed by atoms with Crippen molar-refractivity contribution in [3.63, 3.8) is 0 Å². The van der Waals surface area contributed by atoms with Gasteiger partial charge in [0.15, 0.2) is 0 Å². The van der Waals surface area contributed by atoms with E-state index in [-0.39, 0.29) is 17.9 Å². The molecule has 124 valence electrons. The van der Waals surface area contributed by atoms with Crippen LogP contribution in [0, 0.1) is 12.7 Å². The lowest BCUT2D eigenvalue weighted by atomic mass is 10.0. The van der Waals surface area contributed by atoms with Crippen molar-refractivity contribution >= 4 is 21.6 Å². The van der Waals surface area contributed by atoms with Crippen LogP contribution in [0.3, 0.4) is 0 Å². The summed E-state index contributed by atoms with van der Waals surface area (Å²) in [5, 5.41) is 1.97. The first kappa shape index (κ1) is 15.7. The molecule has 0 radical (unpaired) electrons. The van der Waals surface area contributed by atoms with Crippen molar-refractivity contribution in [3.05, 3.63) is 87.5 Å². The van der Waals surface area contributed by atoms with Crippen molar-refractivity contribution in [1.29, 1.82) is 0 Å². The highest BCUT2D eigenvalue weighted by Gasteiger charge is 2.14. The van der Waals surface area contributed by atoms with Gasteiger partial charge in [-0.3, -0.25) is 9.36 Å². The van der Waals surface area contributed by atoms with Gasteiger partial charge >= 0.3 is 0 Å². The van der Waals surface area contributed by atoms with Crippen LogP contribution in [-0.2, 0) is 6.54 Å². The summed E-state index contributed by atoms with van der Waals surface area (Å²) >= 11 is 1.38. The SMILES string of the molecule is Cc1ccccc1-c1csc2c(=O)n(Cc3ccccc3F)cnc12. The molecule has 0 unspecified atom stereocenters. The Morgan fingerprint density at radius 1 is 1.08 bits per heavy atom. The first-order valence-electron chi connectivity index (χ1n) is 7.91. The highest BCUT2D eigenvalue weighted by Crippen LogP contribution is 2.32. The summed E-state index contributed by atoms with van der Waals surface area (Å²) in [5.41, 5.74) is 4.22. The molecule has 0 aliphatic carbocycles. The Morgan fingerprint density at radius 2 is 1.84 bits per heavy atom. The number of hydrogen-bond donors (Lipinski definition) is 0. The average molecular weight is 350 g/mol. The molecular weight excluding hydrogens is 335 g/mol. The third kappa shape index (κ3) is 2.76. The first-order chi connectivity index (χ1) is 12.1. The molecule has 0 aliphatic heterocycles. The molecule has 4 aromatic rings. The number of aromatic nitrogens is 2. The highest BCUT2D eigenvalue weighted by atomic mass is 32.1. The highest BCUT2D eigenvalue weighted by molar-refractivity contribution is 7.17. The number of benzene rings is 2. The third-order valence-electron chi connectivity index (χ3n) is 4.28. The Kier molecular flexibility index (Phi) is 3.93. The molecule has 3 nitrogen and oxygen atoms in total. The maximum Gasteiger partial charge on any atom is 0.271 e. The fraction of sp³-hybridized carbons (Fsp3) is 0.100. The largest absolute Gasteiger partial charge is 0.293 e. The third-order valence-corrected chi connectivity index (χ3v) is 5.24. The van der Waals surface area contributed by atoms with Gasteiger partial charge in [0.1, 0.15) is 10.5 Å². The number of aryl methyl sites for hydroxylation is 1. The summed E-state index contributed by atoms with van der Waals surface area (Å²) in [7, 11) is 0. The van der Waals surface area contributed by atoms with Crippen molar-refractivity contribution in [3.8, 4) is 11.1 Å². The molecule has 0 aliphatic rings. The zero-order valence-corrected chi connectivity index (χ0v) is 14.4. The molecule has 2 aromatic heterocycles. The van der Waals surface area contributed by atoms with Crippen molar-refractivity contribution < 1.29 is 4.39 Å². The van der Waals surface area contributed by atoms with Crippen LogP contribution in [0.25, 0.3) is 21.3 Å². The maximum absolute atomic E-state index is 13.9. The fourth-order valence-corrected chi connectivity index (χ4v) is 3.90. The van der Waals surface area contributed by atoms with Gasteiger partial charge in [-0.1, -0.05) is 42.5 Å². The summed E-state index contributed by atoms with van der Waals surface area (Å²) in [5.74, 6) is -0.318. The van der Waals surface area contributed by atoms with Crippen LogP contribution < -0.4 is 5.56 Å². The molecule has 0 fully saturated rings. The Labute approximate surface area is 148 Å². The number of nitrogens with zero attached hydrogens (tertiary/aromatic N) is 2. The molecule has 4 rings (SSSR count). The molecule has 2 heterocycles. The molecule has 0 amide bonds. The van der Waals surface area contributed by atoms with Gasteiger partial charge in [0.05, 0.1) is 18.4 Å². The van der Waals surface area contributed by atoms with Gasteiger partial charge < -0.3 is 0 Å². The lowest BCUT2D eigenvalue weighted by molar-refractivity contribution is 0.595. The molecule has 5 heteroatoms. The van der Waals surface area contributed by atoms with Crippen molar-refractivity contribution in [2.45, 2.75) is 13.5 Å². The number of hydrogen-bond acceptors (Lipinski definition) is 3. The van der Waals surface area contributed by atoms with Crippen LogP contribution >= 0.6 is 11.3 Å². The van der Waals surface area contributed by atoms with E-state index < -0.39 is 0 Å². The second-order valence-electron chi connectivity index (χ2n) is 5.91. The predicted octanol–water partition coefficient (Wildman–Crippen LogP) is 4.62. The molecule has 25 heavy (non-hydrogen) atoms. The van der Waals surface area contributed by atoms with Crippen molar-refractivity contribution in [2.24, 2.45) is 0 Å². The minimum absolute atomic E-state index is 0.141. The summed E-state index contributed by atoms with van der Waals surface area (Å²) < 4.78 is 15.9. The first-order valence-corrected chi connectivity index (χ1v) is 8.79. The lowest BCUT2D eigenvalue weighted by Gasteiger charge is -2.07. The van der Waals surface area contributed by atoms with Gasteiger partial charge in [-0.05, 0) is 24.1 Å². The minimum atomic E-state index is -0.318. The molecule has 0 atom stereocenters. The molecule has 0 N–H and O–H groups in total. The molecule has 0 bridgehead atoms. The molecule has 0 saturated carbocycles. The van der Waals surface area contributed by atoms with Gasteiger partial charge in [-0.2, -0.15) is 0 Å². The van der Waals surface area contributed by atoms with E-state index in [1.807, 2.05) is 36.6 Å². The Morgan fingerprint density at radius 3 is 2.64 bits per heavy atom. The average Bonchev–Trinajstić information content (AvgIpc) is 3.04. The zero-order valence-electron chi connectivity index (χ0n) is 13.6. The van der Waals surface area contributed by atoms with E-state index in [2.05, 4.69) is 4.98 Å². The van der Waals surface area contributed by atoms with Crippen LogP contribution in [0.5, 0.6) is 0 Å². The van der Waals surface area contributed by atoms with Crippen molar-refractivity contribution in [1.82, 2.24) is 9.55 Å². The van der Waals surface area contributed by atoms with Gasteiger partial charge in [-0.25, -0.2) is 9.37 Å². The van der Waals surface area contributed by atoms with Gasteiger partial charge in [0.25, 0.3) is 5.56 Å². The van der Waals surface area contributed by atoms with Gasteiger partial charge in [0.2, 0.25) is 0 Å². The summed E-state index contributed by atoms with van der Waals surface area (Å²) in [6.45, 7) is 2.21. The maximum atomic E-state index is 13.9. The predicted molar refractivity (Wildman–Crippen MR) is 99.6 cm³/mol. The molecule has 0 spiro atoms. The van der Waals surface area contributed by atoms with E-state index in [0.29, 0.717) is 15.8 Å². The monoisotopic (exact) mass is 350 g/mol. The molecular formula is C20H15FN2OS. The van der Waals surface area contributed by atoms with E-state index in [9.17, 15) is 9.18 Å². The number of thiophene rings is 1. The van der Waals surface area contributed by atoms with E-state index in [1.165, 1.54) is 28.3 Å². The summed E-state index contributed by atoms with van der Waals surface area (Å²) in [6, 6.07) is 14.5. The number of halogens is 1. The second-order valence-corrected chi connectivity index (χ2v) is 6.79. The van der Waals surface area contributed by atoms with Crippen LogP contribution in [0.2, 0.25) is 0 Å². The van der Waals surface area contributed by atoms with E-state index in [1.54, 1.807) is 18.2 Å². The number of fused-ring (bicyclic) bond motifs is 1. The lowest BCUT2D eigenvalue weighted by Crippen LogP contribution is -2.20. The van der Waals surface area contributed by atoms with Crippen LogP contribution in [0.4, 0.5) is 4.39 Å². The molecule has 2 aromatic carbocycles. The second kappa shape index (κ2) is 6.26. The van der Waals surface area contributed by atoms with E-state index >= 15 is 0 Å².